The minimum atomic E-state index is 0.411. The molecule has 0 spiro atoms. The predicted octanol–water partition coefficient (Wildman–Crippen LogP) is 1.77. The van der Waals surface area contributed by atoms with E-state index in [1.807, 2.05) is 20.2 Å². The van der Waals surface area contributed by atoms with Crippen LogP contribution in [-0.4, -0.2) is 73.5 Å². The van der Waals surface area contributed by atoms with Crippen molar-refractivity contribution in [3.8, 4) is 0 Å². The highest BCUT2D eigenvalue weighted by Crippen LogP contribution is 2.19. The second-order valence-electron chi connectivity index (χ2n) is 6.38. The molecule has 0 atom stereocenters. The number of aliphatic imine (C=N–C) groups is 1. The van der Waals surface area contributed by atoms with Crippen LogP contribution in [-0.2, 0) is 13.0 Å². The maximum absolute atomic E-state index is 12.2. The number of anilines is 1. The fourth-order valence-electron chi connectivity index (χ4n) is 2.55. The van der Waals surface area contributed by atoms with Gasteiger partial charge in [-0.2, -0.15) is 0 Å². The number of rotatable bonds is 5. The zero-order chi connectivity index (χ0) is 17.5. The van der Waals surface area contributed by atoms with E-state index in [1.54, 1.807) is 4.90 Å². The molecule has 0 amide bonds. The van der Waals surface area contributed by atoms with Gasteiger partial charge in [0.15, 0.2) is 0 Å². The largest absolute Gasteiger partial charge is 0.349 e. The summed E-state index contributed by atoms with van der Waals surface area (Å²) in [7, 11) is 7.89. The lowest BCUT2D eigenvalue weighted by molar-refractivity contribution is 0.224. The molecule has 24 heavy (non-hydrogen) atoms. The van der Waals surface area contributed by atoms with Gasteiger partial charge in [0.05, 0.1) is 6.20 Å². The van der Waals surface area contributed by atoms with Gasteiger partial charge in [-0.05, 0) is 25.7 Å². The summed E-state index contributed by atoms with van der Waals surface area (Å²) >= 11 is 0. The second kappa shape index (κ2) is 8.75. The van der Waals surface area contributed by atoms with Gasteiger partial charge in [-0.15, -0.1) is 0 Å². The van der Waals surface area contributed by atoms with E-state index in [-0.39, 0.29) is 0 Å². The lowest BCUT2D eigenvalue weighted by Gasteiger charge is -2.29. The molecule has 0 aromatic carbocycles. The van der Waals surface area contributed by atoms with Crippen LogP contribution in [0.1, 0.15) is 11.3 Å². The fourth-order valence-corrected chi connectivity index (χ4v) is 2.55. The monoisotopic (exact) mass is 334 g/mol. The predicted molar refractivity (Wildman–Crippen MR) is 96.8 cm³/mol. The van der Waals surface area contributed by atoms with Crippen LogP contribution in [0, 0.1) is 0 Å². The van der Waals surface area contributed by atoms with Crippen molar-refractivity contribution in [1.29, 1.82) is 0 Å². The van der Waals surface area contributed by atoms with Crippen LogP contribution >= 0.6 is 0 Å². The molecule has 132 valence electrons. The minimum absolute atomic E-state index is 0.411. The smallest absolute Gasteiger partial charge is 0.203 e. The Labute approximate surface area is 143 Å². The number of nitrogens with zero attached hydrogens (tertiary/aromatic N) is 5. The van der Waals surface area contributed by atoms with E-state index in [0.717, 1.165) is 50.3 Å². The number of hydrogen-bond donors (Lipinski definition) is 1. The molecule has 6 nitrogen and oxygen atoms in total. The Bertz CT molecular complexity index is 597. The molecule has 2 heterocycles. The molecule has 0 fully saturated rings. The van der Waals surface area contributed by atoms with Crippen LogP contribution in [0.4, 0.5) is 10.2 Å². The first-order chi connectivity index (χ1) is 11.5. The van der Waals surface area contributed by atoms with Crippen molar-refractivity contribution < 1.29 is 4.39 Å². The molecule has 2 rings (SSSR count). The molecule has 0 saturated carbocycles. The van der Waals surface area contributed by atoms with Crippen molar-refractivity contribution in [3.63, 3.8) is 0 Å². The Morgan fingerprint density at radius 3 is 2.83 bits per heavy atom. The van der Waals surface area contributed by atoms with Crippen molar-refractivity contribution in [2.75, 3.05) is 53.1 Å². The first kappa shape index (κ1) is 18.4. The number of hydrogen-bond acceptors (Lipinski definition) is 4. The first-order valence-electron chi connectivity index (χ1n) is 8.13. The highest BCUT2D eigenvalue weighted by molar-refractivity contribution is 5.92. The van der Waals surface area contributed by atoms with E-state index in [0.29, 0.717) is 12.3 Å². The zero-order valence-electron chi connectivity index (χ0n) is 15.0. The summed E-state index contributed by atoms with van der Waals surface area (Å²) in [6, 6.07) is 4.07. The number of aromatic nitrogens is 1. The average molecular weight is 334 g/mol. The minimum Gasteiger partial charge on any atom is -0.349 e. The van der Waals surface area contributed by atoms with Gasteiger partial charge in [0.1, 0.15) is 12.1 Å². The average Bonchev–Trinajstić information content (AvgIpc) is 2.56. The molecular formula is C17H27FN6. The van der Waals surface area contributed by atoms with Gasteiger partial charge >= 0.3 is 0 Å². The van der Waals surface area contributed by atoms with Crippen molar-refractivity contribution in [2.45, 2.75) is 13.0 Å². The molecule has 1 N–H and O–H groups in total. The standard InChI is InChI=1S/C17H27FN6/c1-22(2)11-12-24-10-7-15-14(13-24)5-6-16(20-15)21-17(23(3)4)19-9-8-18/h5-6,8-9H,7,10-13H2,1-4H3,(H,19,20,21)/b9-8+. The van der Waals surface area contributed by atoms with Crippen LogP contribution < -0.4 is 5.32 Å². The third-order valence-corrected chi connectivity index (χ3v) is 3.91. The van der Waals surface area contributed by atoms with Crippen molar-refractivity contribution in [1.82, 2.24) is 19.7 Å². The summed E-state index contributed by atoms with van der Waals surface area (Å²) in [5.41, 5.74) is 2.40. The molecule has 0 saturated heterocycles. The van der Waals surface area contributed by atoms with Crippen molar-refractivity contribution in [3.05, 3.63) is 35.9 Å². The quantitative estimate of drug-likeness (QED) is 0.657. The van der Waals surface area contributed by atoms with Gasteiger partial charge in [-0.1, -0.05) is 6.07 Å². The Morgan fingerprint density at radius 2 is 2.17 bits per heavy atom. The van der Waals surface area contributed by atoms with Crippen LogP contribution in [0.15, 0.2) is 29.7 Å². The van der Waals surface area contributed by atoms with Crippen molar-refractivity contribution in [2.24, 2.45) is 4.99 Å². The molecule has 1 aliphatic heterocycles. The molecule has 0 aliphatic carbocycles. The van der Waals surface area contributed by atoms with Gasteiger partial charge < -0.3 is 15.1 Å². The molecule has 1 aliphatic rings. The van der Waals surface area contributed by atoms with E-state index in [2.05, 4.69) is 40.3 Å². The maximum atomic E-state index is 12.2. The maximum Gasteiger partial charge on any atom is 0.203 e. The number of fused-ring (bicyclic) bond motifs is 1. The molecule has 0 radical (unpaired) electrons. The van der Waals surface area contributed by atoms with Gasteiger partial charge in [0.2, 0.25) is 5.96 Å². The van der Waals surface area contributed by atoms with Crippen LogP contribution in [0.5, 0.6) is 0 Å². The zero-order valence-corrected chi connectivity index (χ0v) is 15.0. The summed E-state index contributed by atoms with van der Waals surface area (Å²) in [6.07, 6.45) is 2.47. The fraction of sp³-hybridized carbons (Fsp3) is 0.529. The van der Waals surface area contributed by atoms with Gasteiger partial charge in [0.25, 0.3) is 0 Å². The molecule has 1 aromatic rings. The van der Waals surface area contributed by atoms with E-state index in [4.69, 9.17) is 4.98 Å². The summed E-state index contributed by atoms with van der Waals surface area (Å²) < 4.78 is 12.2. The van der Waals surface area contributed by atoms with Crippen LogP contribution in [0.3, 0.4) is 0 Å². The van der Waals surface area contributed by atoms with E-state index in [9.17, 15) is 4.39 Å². The number of nitrogens with one attached hydrogen (secondary N) is 1. The molecular weight excluding hydrogens is 307 g/mol. The summed E-state index contributed by atoms with van der Waals surface area (Å²) in [5.74, 6) is 1.27. The molecule has 0 bridgehead atoms. The highest BCUT2D eigenvalue weighted by Gasteiger charge is 2.18. The number of pyridine rings is 1. The summed E-state index contributed by atoms with van der Waals surface area (Å²) in [5, 5.41) is 3.14. The Kier molecular flexibility index (Phi) is 6.69. The van der Waals surface area contributed by atoms with Crippen LogP contribution in [0.25, 0.3) is 0 Å². The van der Waals surface area contributed by atoms with Crippen LogP contribution in [0.2, 0.25) is 0 Å². The number of likely N-dealkylation sites (N-methyl/N-ethyl adjacent to an activating group) is 1. The number of halogens is 1. The Balaban J connectivity index is 2.04. The lowest BCUT2D eigenvalue weighted by atomic mass is 10.1. The first-order valence-corrected chi connectivity index (χ1v) is 8.13. The van der Waals surface area contributed by atoms with Crippen molar-refractivity contribution >= 4 is 11.8 Å². The molecule has 0 unspecified atom stereocenters. The number of guanidine groups is 1. The highest BCUT2D eigenvalue weighted by atomic mass is 19.1. The van der Waals surface area contributed by atoms with E-state index >= 15 is 0 Å². The lowest BCUT2D eigenvalue weighted by Crippen LogP contribution is -2.36. The Morgan fingerprint density at radius 1 is 1.38 bits per heavy atom. The van der Waals surface area contributed by atoms with Gasteiger partial charge in [0, 0.05) is 52.4 Å². The summed E-state index contributed by atoms with van der Waals surface area (Å²) in [4.78, 5) is 15.2. The summed E-state index contributed by atoms with van der Waals surface area (Å²) in [6.45, 7) is 4.10. The normalized spacial score (nSPS) is 15.8. The van der Waals surface area contributed by atoms with Gasteiger partial charge in [-0.3, -0.25) is 4.90 Å². The van der Waals surface area contributed by atoms with Gasteiger partial charge in [-0.25, -0.2) is 14.4 Å². The second-order valence-corrected chi connectivity index (χ2v) is 6.38. The molecule has 1 aromatic heterocycles. The van der Waals surface area contributed by atoms with E-state index < -0.39 is 0 Å². The topological polar surface area (TPSA) is 47.0 Å². The third-order valence-electron chi connectivity index (χ3n) is 3.91. The third kappa shape index (κ3) is 5.28. The molecule has 7 heteroatoms. The van der Waals surface area contributed by atoms with E-state index in [1.165, 1.54) is 5.56 Å². The Hall–Kier alpha value is -1.99. The SMILES string of the molecule is CN(C)CCN1CCc2nc(N/C(=N/C=C/F)N(C)C)ccc2C1.